The molecule has 1 radical (unpaired) electrons. The van der Waals surface area contributed by atoms with Crippen LogP contribution in [0.1, 0.15) is 6.42 Å². The first-order chi connectivity index (χ1) is 2.91. The van der Waals surface area contributed by atoms with Gasteiger partial charge in [0.15, 0.2) is 0 Å². The van der Waals surface area contributed by atoms with E-state index in [-0.39, 0.29) is 0 Å². The Morgan fingerprint density at radius 3 is 2.67 bits per heavy atom. The van der Waals surface area contributed by atoms with Crippen molar-refractivity contribution < 1.29 is 0 Å². The maximum absolute atomic E-state index is 3.60. The lowest BCUT2D eigenvalue weighted by Gasteiger charge is -1.79. The zero-order chi connectivity index (χ0) is 4.83. The Kier molecular flexibility index (Phi) is 4.19. The fraction of sp³-hybridized carbons (Fsp3) is 0.400. The third-order valence-electron chi connectivity index (χ3n) is 0.451. The highest BCUT2D eigenvalue weighted by Crippen LogP contribution is 1.71. The molecule has 0 atom stereocenters. The van der Waals surface area contributed by atoms with Crippen molar-refractivity contribution in [3.63, 3.8) is 0 Å². The Balaban J connectivity index is 2.73. The molecule has 1 heteroatoms. The van der Waals surface area contributed by atoms with Crippen LogP contribution in [0.15, 0.2) is 12.3 Å². The van der Waals surface area contributed by atoms with Crippen molar-refractivity contribution in [1.29, 1.82) is 0 Å². The van der Waals surface area contributed by atoms with Crippen molar-refractivity contribution in [3.8, 4) is 0 Å². The van der Waals surface area contributed by atoms with Crippen LogP contribution in [0, 0.1) is 6.92 Å². The summed E-state index contributed by atoms with van der Waals surface area (Å²) < 4.78 is 0. The van der Waals surface area contributed by atoms with Gasteiger partial charge in [-0.1, -0.05) is 6.08 Å². The molecule has 6 heavy (non-hydrogen) atoms. The quantitative estimate of drug-likeness (QED) is 0.525. The van der Waals surface area contributed by atoms with E-state index in [1.165, 1.54) is 0 Å². The minimum absolute atomic E-state index is 0.862. The first-order valence-corrected chi connectivity index (χ1v) is 2.03. The van der Waals surface area contributed by atoms with E-state index in [1.807, 2.05) is 19.3 Å². The number of hydrogen-bond acceptors (Lipinski definition) is 1. The van der Waals surface area contributed by atoms with Crippen molar-refractivity contribution in [2.24, 2.45) is 0 Å². The van der Waals surface area contributed by atoms with Gasteiger partial charge in [-0.3, -0.25) is 0 Å². The third kappa shape index (κ3) is 3.54. The Labute approximate surface area is 39.1 Å². The van der Waals surface area contributed by atoms with Gasteiger partial charge in [0.05, 0.1) is 0 Å². The third-order valence-corrected chi connectivity index (χ3v) is 0.451. The van der Waals surface area contributed by atoms with E-state index in [0.717, 1.165) is 6.42 Å². The molecule has 0 saturated heterocycles. The average Bonchev–Trinajstić information content (AvgIpc) is 1.61. The lowest BCUT2D eigenvalue weighted by Crippen LogP contribution is -1.89. The Morgan fingerprint density at radius 2 is 2.50 bits per heavy atom. The molecule has 0 fully saturated rings. The van der Waals surface area contributed by atoms with E-state index in [2.05, 4.69) is 12.2 Å². The molecule has 0 bridgehead atoms. The van der Waals surface area contributed by atoms with Gasteiger partial charge in [0.25, 0.3) is 0 Å². The number of nitrogens with one attached hydrogen (secondary N) is 1. The van der Waals surface area contributed by atoms with Crippen LogP contribution in [0.5, 0.6) is 0 Å². The summed E-state index contributed by atoms with van der Waals surface area (Å²) in [6, 6.07) is 0. The van der Waals surface area contributed by atoms with Crippen molar-refractivity contribution in [3.05, 3.63) is 19.2 Å². The van der Waals surface area contributed by atoms with Gasteiger partial charge in [-0.2, -0.15) is 0 Å². The van der Waals surface area contributed by atoms with Gasteiger partial charge < -0.3 is 5.32 Å². The van der Waals surface area contributed by atoms with Gasteiger partial charge in [-0.15, -0.1) is 0 Å². The second kappa shape index (κ2) is 4.54. The largest absolute Gasteiger partial charge is 0.394 e. The Morgan fingerprint density at radius 1 is 1.83 bits per heavy atom. The predicted molar refractivity (Wildman–Crippen MR) is 28.2 cm³/mol. The van der Waals surface area contributed by atoms with E-state index in [9.17, 15) is 0 Å². The molecule has 0 aromatic heterocycles. The van der Waals surface area contributed by atoms with Gasteiger partial charge in [0, 0.05) is 7.05 Å². The maximum atomic E-state index is 3.60. The second-order valence-electron chi connectivity index (χ2n) is 0.980. The summed E-state index contributed by atoms with van der Waals surface area (Å²) in [4.78, 5) is 0. The van der Waals surface area contributed by atoms with Crippen molar-refractivity contribution in [1.82, 2.24) is 5.32 Å². The normalized spacial score (nSPS) is 9.67. The fourth-order valence-electron chi connectivity index (χ4n) is 0.201. The first kappa shape index (κ1) is 5.54. The predicted octanol–water partition coefficient (Wildman–Crippen LogP) is 0.944. The Bertz CT molecular complexity index is 33.2. The Hall–Kier alpha value is -0.460. The highest BCUT2D eigenvalue weighted by Gasteiger charge is 1.57. The summed E-state index contributed by atoms with van der Waals surface area (Å²) in [5.74, 6) is 0. The van der Waals surface area contributed by atoms with Gasteiger partial charge in [0.1, 0.15) is 0 Å². The molecule has 0 aliphatic heterocycles. The van der Waals surface area contributed by atoms with Crippen LogP contribution < -0.4 is 5.32 Å². The van der Waals surface area contributed by atoms with Crippen LogP contribution in [0.3, 0.4) is 0 Å². The number of hydrogen-bond donors (Lipinski definition) is 1. The van der Waals surface area contributed by atoms with E-state index in [0.29, 0.717) is 0 Å². The average molecular weight is 84.1 g/mol. The molecule has 0 rings (SSSR count). The summed E-state index contributed by atoms with van der Waals surface area (Å²) in [6.45, 7) is 3.60. The summed E-state index contributed by atoms with van der Waals surface area (Å²) in [5.41, 5.74) is 0. The molecule has 35 valence electrons. The van der Waals surface area contributed by atoms with Crippen molar-refractivity contribution in [2.45, 2.75) is 6.42 Å². The summed E-state index contributed by atoms with van der Waals surface area (Å²) in [5, 5.41) is 2.85. The molecule has 0 heterocycles. The molecule has 0 unspecified atom stereocenters. The first-order valence-electron chi connectivity index (χ1n) is 2.03. The zero-order valence-electron chi connectivity index (χ0n) is 4.07. The van der Waals surface area contributed by atoms with E-state index >= 15 is 0 Å². The standard InChI is InChI=1S/C5H10N/c1-3-4-5-6-2/h4-6H,1,3H2,2H3. The lowest BCUT2D eigenvalue weighted by molar-refractivity contribution is 1.09. The van der Waals surface area contributed by atoms with Crippen LogP contribution in [-0.4, -0.2) is 7.05 Å². The molecule has 1 N–H and O–H groups in total. The molecule has 0 aromatic rings. The smallest absolute Gasteiger partial charge is 0.00276 e. The molecule has 0 aliphatic rings. The SMILES string of the molecule is [CH2]CC=CNC. The van der Waals surface area contributed by atoms with Gasteiger partial charge in [-0.05, 0) is 19.5 Å². The fourth-order valence-corrected chi connectivity index (χ4v) is 0.201. The minimum Gasteiger partial charge on any atom is -0.394 e. The summed E-state index contributed by atoms with van der Waals surface area (Å²) in [6.07, 6.45) is 4.69. The summed E-state index contributed by atoms with van der Waals surface area (Å²) in [7, 11) is 1.87. The molecule has 1 nitrogen and oxygen atoms in total. The number of allylic oxidation sites excluding steroid dienone is 1. The monoisotopic (exact) mass is 84.1 g/mol. The molecule has 0 spiro atoms. The minimum atomic E-state index is 0.862. The maximum Gasteiger partial charge on any atom is 0.00276 e. The number of rotatable bonds is 2. The molecule has 0 amide bonds. The zero-order valence-corrected chi connectivity index (χ0v) is 4.07. The van der Waals surface area contributed by atoms with Crippen LogP contribution in [0.4, 0.5) is 0 Å². The van der Waals surface area contributed by atoms with Gasteiger partial charge in [0.2, 0.25) is 0 Å². The van der Waals surface area contributed by atoms with Gasteiger partial charge in [-0.25, -0.2) is 0 Å². The van der Waals surface area contributed by atoms with Crippen molar-refractivity contribution >= 4 is 0 Å². The molecular formula is C5H10N. The molecule has 0 aliphatic carbocycles. The van der Waals surface area contributed by atoms with Crippen LogP contribution in [0.25, 0.3) is 0 Å². The van der Waals surface area contributed by atoms with Crippen LogP contribution in [-0.2, 0) is 0 Å². The van der Waals surface area contributed by atoms with E-state index in [4.69, 9.17) is 0 Å². The van der Waals surface area contributed by atoms with Gasteiger partial charge >= 0.3 is 0 Å². The van der Waals surface area contributed by atoms with Crippen LogP contribution in [0.2, 0.25) is 0 Å². The van der Waals surface area contributed by atoms with E-state index < -0.39 is 0 Å². The molecule has 0 aromatic carbocycles. The van der Waals surface area contributed by atoms with Crippen molar-refractivity contribution in [2.75, 3.05) is 7.05 Å². The summed E-state index contributed by atoms with van der Waals surface area (Å²) >= 11 is 0. The second-order valence-corrected chi connectivity index (χ2v) is 0.980. The highest BCUT2D eigenvalue weighted by atomic mass is 14.8. The van der Waals surface area contributed by atoms with Crippen LogP contribution >= 0.6 is 0 Å². The molecule has 0 saturated carbocycles. The lowest BCUT2D eigenvalue weighted by atomic mass is 10.5. The highest BCUT2D eigenvalue weighted by molar-refractivity contribution is 4.77. The molecular weight excluding hydrogens is 74.1 g/mol. The topological polar surface area (TPSA) is 12.0 Å². The van der Waals surface area contributed by atoms with E-state index in [1.54, 1.807) is 0 Å².